The number of oxime groups is 1. The Morgan fingerprint density at radius 3 is 2.84 bits per heavy atom. The SMILES string of the molecule is COC(C)C(=O)NCc1ccc(/C(N)=N/O)cc1F. The lowest BCUT2D eigenvalue weighted by Crippen LogP contribution is -2.33. The van der Waals surface area contributed by atoms with Gasteiger partial charge in [0.2, 0.25) is 5.91 Å². The third kappa shape index (κ3) is 3.92. The Morgan fingerprint density at radius 1 is 1.63 bits per heavy atom. The average molecular weight is 269 g/mol. The van der Waals surface area contributed by atoms with Crippen molar-refractivity contribution < 1.29 is 19.1 Å². The van der Waals surface area contributed by atoms with Crippen LogP contribution in [0.1, 0.15) is 18.1 Å². The van der Waals surface area contributed by atoms with Crippen LogP contribution in [0.3, 0.4) is 0 Å². The zero-order valence-electron chi connectivity index (χ0n) is 10.7. The van der Waals surface area contributed by atoms with Gasteiger partial charge in [0.1, 0.15) is 11.9 Å². The van der Waals surface area contributed by atoms with Crippen LogP contribution in [0.15, 0.2) is 23.4 Å². The van der Waals surface area contributed by atoms with Crippen molar-refractivity contribution in [1.29, 1.82) is 0 Å². The lowest BCUT2D eigenvalue weighted by Gasteiger charge is -2.11. The fourth-order valence-corrected chi connectivity index (χ4v) is 1.34. The fraction of sp³-hybridized carbons (Fsp3) is 0.333. The standard InChI is InChI=1S/C12H16FN3O3/c1-7(19-2)12(17)15-6-9-4-3-8(5-10(9)13)11(14)16-18/h3-5,7,18H,6H2,1-2H3,(H2,14,16)(H,15,17). The molecule has 1 unspecified atom stereocenters. The second-order valence-electron chi connectivity index (χ2n) is 3.89. The second kappa shape index (κ2) is 6.69. The van der Waals surface area contributed by atoms with E-state index in [0.717, 1.165) is 6.07 Å². The summed E-state index contributed by atoms with van der Waals surface area (Å²) in [5.74, 6) is -1.06. The Morgan fingerprint density at radius 2 is 2.32 bits per heavy atom. The first-order valence-corrected chi connectivity index (χ1v) is 5.56. The van der Waals surface area contributed by atoms with E-state index in [-0.39, 0.29) is 23.9 Å². The van der Waals surface area contributed by atoms with E-state index in [1.165, 1.54) is 19.2 Å². The summed E-state index contributed by atoms with van der Waals surface area (Å²) in [6.07, 6.45) is -0.598. The monoisotopic (exact) mass is 269 g/mol. The molecular formula is C12H16FN3O3. The summed E-state index contributed by atoms with van der Waals surface area (Å²) in [4.78, 5) is 11.4. The number of halogens is 1. The van der Waals surface area contributed by atoms with Crippen LogP contribution in [0, 0.1) is 5.82 Å². The lowest BCUT2D eigenvalue weighted by molar-refractivity contribution is -0.130. The van der Waals surface area contributed by atoms with Gasteiger partial charge in [0.05, 0.1) is 0 Å². The Labute approximate surface area is 110 Å². The van der Waals surface area contributed by atoms with Gasteiger partial charge in [-0.15, -0.1) is 0 Å². The molecule has 0 aliphatic carbocycles. The molecule has 0 fully saturated rings. The van der Waals surface area contributed by atoms with E-state index in [1.807, 2.05) is 0 Å². The molecule has 7 heteroatoms. The van der Waals surface area contributed by atoms with Gasteiger partial charge in [-0.3, -0.25) is 4.79 Å². The summed E-state index contributed by atoms with van der Waals surface area (Å²) in [5.41, 5.74) is 5.90. The summed E-state index contributed by atoms with van der Waals surface area (Å²) >= 11 is 0. The van der Waals surface area contributed by atoms with Crippen LogP contribution in [0.4, 0.5) is 4.39 Å². The van der Waals surface area contributed by atoms with Gasteiger partial charge in [-0.1, -0.05) is 17.3 Å². The van der Waals surface area contributed by atoms with Crippen LogP contribution in [0.2, 0.25) is 0 Å². The van der Waals surface area contributed by atoms with Crippen molar-refractivity contribution in [3.63, 3.8) is 0 Å². The topological polar surface area (TPSA) is 96.9 Å². The van der Waals surface area contributed by atoms with Crippen LogP contribution in [0.25, 0.3) is 0 Å². The number of amidine groups is 1. The number of benzene rings is 1. The molecule has 104 valence electrons. The summed E-state index contributed by atoms with van der Waals surface area (Å²) in [6, 6.07) is 4.09. The molecule has 6 nitrogen and oxygen atoms in total. The molecule has 0 spiro atoms. The Kier molecular flexibility index (Phi) is 5.25. The van der Waals surface area contributed by atoms with Gasteiger partial charge in [0, 0.05) is 24.8 Å². The zero-order valence-corrected chi connectivity index (χ0v) is 10.7. The maximum atomic E-state index is 13.7. The molecule has 1 amide bonds. The molecule has 19 heavy (non-hydrogen) atoms. The number of methoxy groups -OCH3 is 1. The van der Waals surface area contributed by atoms with E-state index in [2.05, 4.69) is 10.5 Å². The quantitative estimate of drug-likeness (QED) is 0.315. The highest BCUT2D eigenvalue weighted by Crippen LogP contribution is 2.10. The van der Waals surface area contributed by atoms with Crippen molar-refractivity contribution in [2.24, 2.45) is 10.9 Å². The molecule has 0 heterocycles. The molecule has 0 aliphatic heterocycles. The van der Waals surface area contributed by atoms with Crippen LogP contribution in [0.5, 0.6) is 0 Å². The summed E-state index contributed by atoms with van der Waals surface area (Å²) in [6.45, 7) is 1.63. The molecule has 0 aliphatic rings. The minimum Gasteiger partial charge on any atom is -0.409 e. The van der Waals surface area contributed by atoms with E-state index in [0.29, 0.717) is 5.56 Å². The highest BCUT2D eigenvalue weighted by atomic mass is 19.1. The van der Waals surface area contributed by atoms with E-state index in [9.17, 15) is 9.18 Å². The van der Waals surface area contributed by atoms with E-state index >= 15 is 0 Å². The molecule has 1 atom stereocenters. The van der Waals surface area contributed by atoms with Gasteiger partial charge in [0.15, 0.2) is 5.84 Å². The Balaban J connectivity index is 2.73. The molecular weight excluding hydrogens is 253 g/mol. The molecule has 4 N–H and O–H groups in total. The highest BCUT2D eigenvalue weighted by Gasteiger charge is 2.12. The first-order chi connectivity index (χ1) is 8.99. The first-order valence-electron chi connectivity index (χ1n) is 5.56. The highest BCUT2D eigenvalue weighted by molar-refractivity contribution is 5.97. The van der Waals surface area contributed by atoms with Crippen molar-refractivity contribution in [2.75, 3.05) is 7.11 Å². The van der Waals surface area contributed by atoms with Gasteiger partial charge >= 0.3 is 0 Å². The van der Waals surface area contributed by atoms with Crippen LogP contribution >= 0.6 is 0 Å². The normalized spacial score (nSPS) is 13.1. The zero-order chi connectivity index (χ0) is 14.4. The predicted octanol–water partition coefficient (Wildman–Crippen LogP) is 0.571. The number of rotatable bonds is 5. The van der Waals surface area contributed by atoms with Crippen molar-refractivity contribution >= 4 is 11.7 Å². The number of hydrogen-bond acceptors (Lipinski definition) is 4. The van der Waals surface area contributed by atoms with Crippen LogP contribution < -0.4 is 11.1 Å². The number of carbonyl (C=O) groups excluding carboxylic acids is 1. The summed E-state index contributed by atoms with van der Waals surface area (Å²) in [7, 11) is 1.41. The number of amides is 1. The molecule has 0 saturated carbocycles. The number of nitrogens with two attached hydrogens (primary N) is 1. The minimum atomic E-state index is -0.598. The molecule has 1 aromatic rings. The van der Waals surface area contributed by atoms with Crippen molar-refractivity contribution in [3.8, 4) is 0 Å². The minimum absolute atomic E-state index is 0.0365. The molecule has 1 rings (SSSR count). The third-order valence-corrected chi connectivity index (χ3v) is 2.63. The Hall–Kier alpha value is -2.15. The van der Waals surface area contributed by atoms with Crippen LogP contribution in [-0.4, -0.2) is 30.2 Å². The fourth-order valence-electron chi connectivity index (χ4n) is 1.34. The third-order valence-electron chi connectivity index (χ3n) is 2.63. The van der Waals surface area contributed by atoms with Gasteiger partial charge in [-0.05, 0) is 13.0 Å². The maximum Gasteiger partial charge on any atom is 0.249 e. The molecule has 1 aromatic carbocycles. The molecule has 0 aromatic heterocycles. The number of nitrogens with one attached hydrogen (secondary N) is 1. The Bertz CT molecular complexity index is 491. The van der Waals surface area contributed by atoms with Gasteiger partial charge < -0.3 is 21.0 Å². The lowest BCUT2D eigenvalue weighted by atomic mass is 10.1. The summed E-state index contributed by atoms with van der Waals surface area (Å²) < 4.78 is 18.5. The number of ether oxygens (including phenoxy) is 1. The average Bonchev–Trinajstić information content (AvgIpc) is 2.43. The largest absolute Gasteiger partial charge is 0.409 e. The van der Waals surface area contributed by atoms with Gasteiger partial charge in [-0.2, -0.15) is 0 Å². The summed E-state index contributed by atoms with van der Waals surface area (Å²) in [5, 5.41) is 13.8. The van der Waals surface area contributed by atoms with Crippen LogP contribution in [-0.2, 0) is 16.1 Å². The smallest absolute Gasteiger partial charge is 0.249 e. The second-order valence-corrected chi connectivity index (χ2v) is 3.89. The van der Waals surface area contributed by atoms with Gasteiger partial charge in [0.25, 0.3) is 0 Å². The van der Waals surface area contributed by atoms with E-state index < -0.39 is 11.9 Å². The van der Waals surface area contributed by atoms with Crippen molar-refractivity contribution in [2.45, 2.75) is 19.6 Å². The van der Waals surface area contributed by atoms with E-state index in [4.69, 9.17) is 15.7 Å². The van der Waals surface area contributed by atoms with Crippen molar-refractivity contribution in [1.82, 2.24) is 5.32 Å². The van der Waals surface area contributed by atoms with E-state index in [1.54, 1.807) is 6.92 Å². The van der Waals surface area contributed by atoms with Crippen molar-refractivity contribution in [3.05, 3.63) is 35.1 Å². The predicted molar refractivity (Wildman–Crippen MR) is 67.2 cm³/mol. The molecule has 0 bridgehead atoms. The number of carbonyl (C=O) groups is 1. The number of hydrogen-bond donors (Lipinski definition) is 3. The molecule has 0 radical (unpaired) electrons. The molecule has 0 saturated heterocycles. The van der Waals surface area contributed by atoms with Gasteiger partial charge in [-0.25, -0.2) is 4.39 Å². The maximum absolute atomic E-state index is 13.7. The first kappa shape index (κ1) is 14.9. The number of nitrogens with zero attached hydrogens (tertiary/aromatic N) is 1.